The number of alkyl halides is 3. The average molecular weight is 293 g/mol. The number of aromatic amines is 1. The molecule has 1 heterocycles. The fourth-order valence-corrected chi connectivity index (χ4v) is 1.72. The van der Waals surface area contributed by atoms with Gasteiger partial charge in [-0.25, -0.2) is 9.59 Å². The van der Waals surface area contributed by atoms with Crippen molar-refractivity contribution in [3.8, 4) is 0 Å². The molecule has 0 aliphatic heterocycles. The lowest BCUT2D eigenvalue weighted by atomic mass is 10.1. The van der Waals surface area contributed by atoms with Crippen molar-refractivity contribution in [1.82, 2.24) is 4.98 Å². The second-order valence-electron chi connectivity index (χ2n) is 3.81. The lowest BCUT2D eigenvalue weighted by Crippen LogP contribution is -2.18. The molecule has 0 saturated carbocycles. The number of aromatic nitrogens is 1. The highest BCUT2D eigenvalue weighted by atomic mass is 19.4. The van der Waals surface area contributed by atoms with Crippen LogP contribution in [0.2, 0.25) is 0 Å². The summed E-state index contributed by atoms with van der Waals surface area (Å²) in [5, 5.41) is 0. The fraction of sp³-hybridized carbons (Fsp3) is 0.500. The Kier molecular flexibility index (Phi) is 4.80. The van der Waals surface area contributed by atoms with E-state index in [2.05, 4.69) is 14.5 Å². The molecule has 112 valence electrons. The van der Waals surface area contributed by atoms with Crippen LogP contribution in [0.5, 0.6) is 0 Å². The summed E-state index contributed by atoms with van der Waals surface area (Å²) < 4.78 is 48.4. The van der Waals surface area contributed by atoms with Crippen LogP contribution in [0.3, 0.4) is 0 Å². The van der Waals surface area contributed by atoms with E-state index < -0.39 is 34.9 Å². The van der Waals surface area contributed by atoms with Gasteiger partial charge >= 0.3 is 18.1 Å². The highest BCUT2D eigenvalue weighted by Gasteiger charge is 2.43. The molecular weight excluding hydrogens is 279 g/mol. The summed E-state index contributed by atoms with van der Waals surface area (Å²) in [7, 11) is 0. The van der Waals surface area contributed by atoms with Crippen molar-refractivity contribution in [3.63, 3.8) is 0 Å². The van der Waals surface area contributed by atoms with Crippen molar-refractivity contribution in [2.45, 2.75) is 26.9 Å². The number of hydrogen-bond donors (Lipinski definition) is 1. The van der Waals surface area contributed by atoms with E-state index in [1.807, 2.05) is 0 Å². The van der Waals surface area contributed by atoms with Crippen LogP contribution in [0.1, 0.15) is 46.0 Å². The number of aryl methyl sites for hydroxylation is 1. The van der Waals surface area contributed by atoms with Gasteiger partial charge in [0.1, 0.15) is 11.3 Å². The minimum Gasteiger partial charge on any atom is -0.462 e. The van der Waals surface area contributed by atoms with Gasteiger partial charge in [0.05, 0.1) is 18.8 Å². The molecule has 0 spiro atoms. The lowest BCUT2D eigenvalue weighted by Gasteiger charge is -2.10. The van der Waals surface area contributed by atoms with Crippen molar-refractivity contribution in [1.29, 1.82) is 0 Å². The highest BCUT2D eigenvalue weighted by molar-refractivity contribution is 5.99. The zero-order valence-corrected chi connectivity index (χ0v) is 11.2. The van der Waals surface area contributed by atoms with E-state index in [4.69, 9.17) is 0 Å². The molecule has 0 saturated heterocycles. The van der Waals surface area contributed by atoms with Crippen LogP contribution < -0.4 is 0 Å². The largest absolute Gasteiger partial charge is 0.462 e. The number of ether oxygens (including phenoxy) is 2. The molecule has 0 radical (unpaired) electrons. The van der Waals surface area contributed by atoms with Crippen molar-refractivity contribution < 1.29 is 32.2 Å². The minimum atomic E-state index is -4.88. The standard InChI is InChI=1S/C12H14F3NO4/c1-4-19-10(17)7-6(3)16-9(11(18)20-5-2)8(7)12(13,14)15/h16H,4-5H2,1-3H3. The molecule has 5 nitrogen and oxygen atoms in total. The molecule has 8 heteroatoms. The Morgan fingerprint density at radius 2 is 1.60 bits per heavy atom. The Balaban J connectivity index is 3.45. The van der Waals surface area contributed by atoms with Crippen LogP contribution >= 0.6 is 0 Å². The topological polar surface area (TPSA) is 68.4 Å². The molecule has 20 heavy (non-hydrogen) atoms. The summed E-state index contributed by atoms with van der Waals surface area (Å²) in [5.41, 5.74) is -2.94. The number of carbonyl (C=O) groups excluding carboxylic acids is 2. The van der Waals surface area contributed by atoms with Gasteiger partial charge in [0.15, 0.2) is 0 Å². The third-order valence-corrected chi connectivity index (χ3v) is 2.43. The molecule has 0 bridgehead atoms. The highest BCUT2D eigenvalue weighted by Crippen LogP contribution is 2.37. The maximum atomic E-state index is 13.1. The molecule has 0 aliphatic rings. The lowest BCUT2D eigenvalue weighted by molar-refractivity contribution is -0.138. The predicted octanol–water partition coefficient (Wildman–Crippen LogP) is 2.70. The molecule has 0 unspecified atom stereocenters. The van der Waals surface area contributed by atoms with E-state index in [9.17, 15) is 22.8 Å². The number of carbonyl (C=O) groups is 2. The van der Waals surface area contributed by atoms with E-state index in [0.29, 0.717) is 0 Å². The van der Waals surface area contributed by atoms with E-state index in [1.54, 1.807) is 0 Å². The third-order valence-electron chi connectivity index (χ3n) is 2.43. The van der Waals surface area contributed by atoms with Crippen molar-refractivity contribution in [2.75, 3.05) is 13.2 Å². The molecule has 0 fully saturated rings. The smallest absolute Gasteiger partial charge is 0.419 e. The Morgan fingerprint density at radius 1 is 1.10 bits per heavy atom. The first-order valence-corrected chi connectivity index (χ1v) is 5.88. The van der Waals surface area contributed by atoms with Crippen LogP contribution in [0.15, 0.2) is 0 Å². The Bertz CT molecular complexity index is 520. The van der Waals surface area contributed by atoms with Gasteiger partial charge < -0.3 is 14.5 Å². The number of esters is 2. The SMILES string of the molecule is CCOC(=O)c1[nH]c(C)c(C(=O)OCC)c1C(F)(F)F. The normalized spacial score (nSPS) is 11.3. The van der Waals surface area contributed by atoms with Gasteiger partial charge in [-0.2, -0.15) is 13.2 Å². The van der Waals surface area contributed by atoms with Gasteiger partial charge in [0.25, 0.3) is 0 Å². The molecule has 1 N–H and O–H groups in total. The third kappa shape index (κ3) is 3.12. The van der Waals surface area contributed by atoms with Crippen molar-refractivity contribution >= 4 is 11.9 Å². The van der Waals surface area contributed by atoms with Crippen molar-refractivity contribution in [2.24, 2.45) is 0 Å². The summed E-state index contributed by atoms with van der Waals surface area (Å²) in [6, 6.07) is 0. The van der Waals surface area contributed by atoms with Gasteiger partial charge in [0.2, 0.25) is 0 Å². The Labute approximate surface area is 113 Å². The Morgan fingerprint density at radius 3 is 2.05 bits per heavy atom. The summed E-state index contributed by atoms with van der Waals surface area (Å²) >= 11 is 0. The van der Waals surface area contributed by atoms with Crippen LogP contribution in [-0.4, -0.2) is 30.1 Å². The van der Waals surface area contributed by atoms with Gasteiger partial charge in [-0.05, 0) is 20.8 Å². The average Bonchev–Trinajstić information content (AvgIpc) is 2.67. The van der Waals surface area contributed by atoms with E-state index in [-0.39, 0.29) is 18.9 Å². The second-order valence-corrected chi connectivity index (χ2v) is 3.81. The zero-order valence-electron chi connectivity index (χ0n) is 11.2. The fourth-order valence-electron chi connectivity index (χ4n) is 1.72. The summed E-state index contributed by atoms with van der Waals surface area (Å²) in [6.07, 6.45) is -4.88. The molecule has 0 atom stereocenters. The maximum absolute atomic E-state index is 13.1. The van der Waals surface area contributed by atoms with Crippen LogP contribution in [0.4, 0.5) is 13.2 Å². The molecule has 0 aromatic carbocycles. The number of halogens is 3. The number of rotatable bonds is 4. The second kappa shape index (κ2) is 5.98. The first kappa shape index (κ1) is 16.1. The summed E-state index contributed by atoms with van der Waals surface area (Å²) in [4.78, 5) is 25.4. The monoisotopic (exact) mass is 293 g/mol. The van der Waals surface area contributed by atoms with Crippen LogP contribution in [0, 0.1) is 6.92 Å². The summed E-state index contributed by atoms with van der Waals surface area (Å²) in [5.74, 6) is -2.30. The Hall–Kier alpha value is -1.99. The molecule has 1 aromatic rings. The predicted molar refractivity (Wildman–Crippen MR) is 62.4 cm³/mol. The number of hydrogen-bond acceptors (Lipinski definition) is 4. The molecular formula is C12H14F3NO4. The zero-order chi connectivity index (χ0) is 15.5. The van der Waals surface area contributed by atoms with Gasteiger partial charge in [-0.3, -0.25) is 0 Å². The molecule has 1 rings (SSSR count). The van der Waals surface area contributed by atoms with E-state index in [1.165, 1.54) is 20.8 Å². The van der Waals surface area contributed by atoms with E-state index >= 15 is 0 Å². The van der Waals surface area contributed by atoms with Crippen LogP contribution in [0.25, 0.3) is 0 Å². The van der Waals surface area contributed by atoms with Crippen molar-refractivity contribution in [3.05, 3.63) is 22.5 Å². The molecule has 0 amide bonds. The summed E-state index contributed by atoms with van der Waals surface area (Å²) in [6.45, 7) is 4.04. The van der Waals surface area contributed by atoms with Gasteiger partial charge in [0, 0.05) is 5.69 Å². The first-order valence-electron chi connectivity index (χ1n) is 5.88. The first-order chi connectivity index (χ1) is 9.23. The quantitative estimate of drug-likeness (QED) is 0.867. The maximum Gasteiger partial charge on any atom is 0.419 e. The van der Waals surface area contributed by atoms with Crippen LogP contribution in [-0.2, 0) is 15.7 Å². The number of H-pyrrole nitrogens is 1. The number of nitrogens with one attached hydrogen (secondary N) is 1. The molecule has 0 aliphatic carbocycles. The molecule has 1 aromatic heterocycles. The van der Waals surface area contributed by atoms with E-state index in [0.717, 1.165) is 0 Å². The van der Waals surface area contributed by atoms with Gasteiger partial charge in [-0.1, -0.05) is 0 Å². The van der Waals surface area contributed by atoms with Gasteiger partial charge in [-0.15, -0.1) is 0 Å². The minimum absolute atomic E-state index is 0.0739.